The summed E-state index contributed by atoms with van der Waals surface area (Å²) in [5.74, 6) is 0.680. The molecular weight excluding hydrogens is 785 g/mol. The van der Waals surface area contributed by atoms with E-state index in [1.807, 2.05) is 38.1 Å². The first-order valence-corrected chi connectivity index (χ1v) is 20.3. The zero-order chi connectivity index (χ0) is 44.7. The molecule has 0 fully saturated rings. The van der Waals surface area contributed by atoms with Crippen LogP contribution in [-0.4, -0.2) is 112 Å². The molecule has 0 saturated heterocycles. The molecule has 18 heteroatoms. The molecule has 0 atom stereocenters. The van der Waals surface area contributed by atoms with E-state index in [0.717, 1.165) is 35.1 Å². The van der Waals surface area contributed by atoms with E-state index in [1.165, 1.54) is 32.7 Å². The van der Waals surface area contributed by atoms with Crippen LogP contribution in [0.25, 0.3) is 55.8 Å². The van der Waals surface area contributed by atoms with E-state index in [2.05, 4.69) is 77.7 Å². The van der Waals surface area contributed by atoms with Gasteiger partial charge in [0.05, 0.1) is 50.5 Å². The average molecular weight is 845 g/mol. The summed E-state index contributed by atoms with van der Waals surface area (Å²) < 4.78 is 20.6. The first-order valence-electron chi connectivity index (χ1n) is 20.3. The topological polar surface area (TPSA) is 227 Å². The van der Waals surface area contributed by atoms with Gasteiger partial charge in [0.2, 0.25) is 18.2 Å². The number of benzene rings is 2. The number of alkyl carbamates (subject to hydrolysis) is 1. The minimum atomic E-state index is -0.677. The van der Waals surface area contributed by atoms with Crippen molar-refractivity contribution in [1.82, 2.24) is 50.3 Å². The Hall–Kier alpha value is -6.56. The van der Waals surface area contributed by atoms with E-state index in [-0.39, 0.29) is 38.0 Å². The van der Waals surface area contributed by atoms with E-state index in [1.54, 1.807) is 36.4 Å². The zero-order valence-electron chi connectivity index (χ0n) is 36.7. The van der Waals surface area contributed by atoms with E-state index >= 15 is 0 Å². The molecule has 0 bridgehead atoms. The Balaban J connectivity index is 0.00000101. The maximum atomic E-state index is 12.8. The number of nitrogens with zero attached hydrogens (tertiary/aromatic N) is 6. The molecule has 4 aromatic heterocycles. The summed E-state index contributed by atoms with van der Waals surface area (Å²) in [5.41, 5.74) is 6.67. The number of rotatable bonds is 16. The van der Waals surface area contributed by atoms with Crippen molar-refractivity contribution in [3.05, 3.63) is 61.1 Å². The van der Waals surface area contributed by atoms with Crippen LogP contribution in [0, 0.1) is 0 Å². The first kappa shape index (κ1) is 48.8. The van der Waals surface area contributed by atoms with Gasteiger partial charge < -0.3 is 48.7 Å². The highest BCUT2D eigenvalue weighted by molar-refractivity contribution is 6.06. The van der Waals surface area contributed by atoms with Gasteiger partial charge in [-0.05, 0) is 25.0 Å². The molecule has 6 aromatic rings. The SMILES string of the molecule is CCC.CCC.CCCN(Cc1ncc(-c2ccc(-c3ccc(-c4cnc(CN(CCC)C(=O)CNC(=O)OC)[nH]4)c4ocnc34)c3ncoc23)[nH]1)C(=O)CNC=O.COC. The highest BCUT2D eigenvalue weighted by Crippen LogP contribution is 2.39. The number of amides is 4. The molecule has 2 aromatic carbocycles. The summed E-state index contributed by atoms with van der Waals surface area (Å²) >= 11 is 0. The van der Waals surface area contributed by atoms with E-state index in [4.69, 9.17) is 8.83 Å². The van der Waals surface area contributed by atoms with Crippen molar-refractivity contribution in [3.63, 3.8) is 0 Å². The number of hydrogen-bond acceptors (Lipinski definition) is 12. The third-order valence-corrected chi connectivity index (χ3v) is 8.37. The number of carbonyl (C=O) groups excluding carboxylic acids is 4. The minimum Gasteiger partial charge on any atom is -0.453 e. The lowest BCUT2D eigenvalue weighted by Gasteiger charge is -2.21. The minimum absolute atomic E-state index is 0.0845. The van der Waals surface area contributed by atoms with Crippen LogP contribution in [0.3, 0.4) is 0 Å². The number of aromatic nitrogens is 6. The lowest BCUT2D eigenvalue weighted by Crippen LogP contribution is -2.40. The Morgan fingerprint density at radius 2 is 1.08 bits per heavy atom. The predicted octanol–water partition coefficient (Wildman–Crippen LogP) is 7.09. The molecule has 4 N–H and O–H groups in total. The average Bonchev–Trinajstić information content (AvgIpc) is 4.10. The van der Waals surface area contributed by atoms with Gasteiger partial charge in [0.25, 0.3) is 0 Å². The fourth-order valence-electron chi connectivity index (χ4n) is 5.98. The van der Waals surface area contributed by atoms with E-state index in [9.17, 15) is 19.2 Å². The number of ether oxygens (including phenoxy) is 2. The summed E-state index contributed by atoms with van der Waals surface area (Å²) in [6, 6.07) is 7.69. The summed E-state index contributed by atoms with van der Waals surface area (Å²) in [5, 5.41) is 4.85. The molecule has 6 rings (SSSR count). The molecule has 61 heavy (non-hydrogen) atoms. The Bertz CT molecular complexity index is 2250. The number of hydrogen-bond donors (Lipinski definition) is 4. The molecule has 0 unspecified atom stereocenters. The van der Waals surface area contributed by atoms with Crippen LogP contribution in [0.5, 0.6) is 0 Å². The second-order valence-corrected chi connectivity index (χ2v) is 13.7. The van der Waals surface area contributed by atoms with Crippen LogP contribution in [-0.2, 0) is 36.9 Å². The second kappa shape index (κ2) is 25.8. The summed E-state index contributed by atoms with van der Waals surface area (Å²) in [6.45, 7) is 13.6. The summed E-state index contributed by atoms with van der Waals surface area (Å²) in [7, 11) is 4.49. The van der Waals surface area contributed by atoms with Gasteiger partial charge in [-0.3, -0.25) is 14.4 Å². The Morgan fingerprint density at radius 1 is 0.672 bits per heavy atom. The number of nitrogens with one attached hydrogen (secondary N) is 4. The molecule has 0 spiro atoms. The van der Waals surface area contributed by atoms with Crippen LogP contribution >= 0.6 is 0 Å². The number of H-pyrrole nitrogens is 2. The predicted molar refractivity (Wildman–Crippen MR) is 233 cm³/mol. The fourth-order valence-corrected chi connectivity index (χ4v) is 5.98. The van der Waals surface area contributed by atoms with Crippen molar-refractivity contribution in [2.24, 2.45) is 0 Å². The molecule has 0 aliphatic rings. The van der Waals surface area contributed by atoms with Crippen molar-refractivity contribution in [1.29, 1.82) is 0 Å². The smallest absolute Gasteiger partial charge is 0.407 e. The van der Waals surface area contributed by atoms with Gasteiger partial charge in [0.1, 0.15) is 29.2 Å². The largest absolute Gasteiger partial charge is 0.453 e. The lowest BCUT2D eigenvalue weighted by molar-refractivity contribution is -0.132. The molecule has 4 amide bonds. The van der Waals surface area contributed by atoms with Gasteiger partial charge in [-0.25, -0.2) is 24.7 Å². The van der Waals surface area contributed by atoms with Crippen molar-refractivity contribution in [2.75, 3.05) is 47.5 Å². The molecule has 0 aliphatic heterocycles. The Morgan fingerprint density at radius 3 is 1.48 bits per heavy atom. The van der Waals surface area contributed by atoms with Gasteiger partial charge in [-0.1, -0.05) is 66.5 Å². The number of oxazole rings is 2. The van der Waals surface area contributed by atoms with Crippen LogP contribution in [0.4, 0.5) is 4.79 Å². The van der Waals surface area contributed by atoms with Crippen molar-refractivity contribution in [2.45, 2.75) is 80.3 Å². The van der Waals surface area contributed by atoms with Crippen LogP contribution in [0.2, 0.25) is 0 Å². The normalized spacial score (nSPS) is 10.4. The number of imidazole rings is 2. The highest BCUT2D eigenvalue weighted by atomic mass is 16.5. The van der Waals surface area contributed by atoms with Gasteiger partial charge in [0, 0.05) is 49.6 Å². The molecule has 4 heterocycles. The van der Waals surface area contributed by atoms with E-state index < -0.39 is 6.09 Å². The molecular formula is C43H60N10O8. The van der Waals surface area contributed by atoms with Crippen molar-refractivity contribution in [3.8, 4) is 33.6 Å². The summed E-state index contributed by atoms with van der Waals surface area (Å²) in [4.78, 5) is 75.5. The molecule has 330 valence electrons. The fraction of sp³-hybridized carbons (Fsp3) is 0.442. The molecule has 0 aliphatic carbocycles. The monoisotopic (exact) mass is 844 g/mol. The maximum Gasteiger partial charge on any atom is 0.407 e. The number of aromatic amines is 2. The van der Waals surface area contributed by atoms with Crippen LogP contribution in [0.15, 0.2) is 58.3 Å². The van der Waals surface area contributed by atoms with Crippen molar-refractivity contribution >= 4 is 46.5 Å². The van der Waals surface area contributed by atoms with Crippen LogP contribution < -0.4 is 10.6 Å². The van der Waals surface area contributed by atoms with Gasteiger partial charge in [-0.2, -0.15) is 0 Å². The summed E-state index contributed by atoms with van der Waals surface area (Å²) in [6.07, 6.45) is 9.93. The van der Waals surface area contributed by atoms with Gasteiger partial charge >= 0.3 is 6.09 Å². The quantitative estimate of drug-likeness (QED) is 0.0717. The molecule has 0 saturated carbocycles. The standard InChI is InChI=1S/C35H38N10O7.2C3H8.C2H6O/c1-4-10-44(29(47)14-36-18-46)16-27-37-12-25(42-27)23-8-6-21(31-33(23)51-19-40-31)22-7-9-24(34-32(22)41-20-52-34)26-13-38-28(43-26)17-45(11-5-2)30(48)15-39-35(49)50-3;3*1-3-2/h6-9,12-13,18-20H,4-5,10-11,14-17H2,1-3H3,(H,36,46)(H,37,42)(H,38,43)(H,39,49);2*3H2,1-2H3;1-2H3. The molecule has 0 radical (unpaired) electrons. The molecule has 18 nitrogen and oxygen atoms in total. The Labute approximate surface area is 356 Å². The third-order valence-electron chi connectivity index (χ3n) is 8.37. The third kappa shape index (κ3) is 13.5. The highest BCUT2D eigenvalue weighted by Gasteiger charge is 2.22. The number of methoxy groups -OCH3 is 2. The van der Waals surface area contributed by atoms with Gasteiger partial charge in [0.15, 0.2) is 24.0 Å². The van der Waals surface area contributed by atoms with Crippen molar-refractivity contribution < 1.29 is 37.5 Å². The first-order chi connectivity index (χ1) is 29.6. The second-order valence-electron chi connectivity index (χ2n) is 13.7. The lowest BCUT2D eigenvalue weighted by atomic mass is 9.98. The maximum absolute atomic E-state index is 12.8. The Kier molecular flexibility index (Phi) is 20.7. The van der Waals surface area contributed by atoms with Gasteiger partial charge in [-0.15, -0.1) is 0 Å². The number of fused-ring (bicyclic) bond motifs is 2. The number of carbonyl (C=O) groups is 4. The van der Waals surface area contributed by atoms with E-state index in [0.29, 0.717) is 64.7 Å². The zero-order valence-corrected chi connectivity index (χ0v) is 36.7. The van der Waals surface area contributed by atoms with Crippen LogP contribution in [0.1, 0.15) is 78.9 Å².